The highest BCUT2D eigenvalue weighted by Gasteiger charge is 2.05. The van der Waals surface area contributed by atoms with E-state index in [9.17, 15) is 4.79 Å². The highest BCUT2D eigenvalue weighted by Crippen LogP contribution is 1.96. The maximum absolute atomic E-state index is 11.8. The van der Waals surface area contributed by atoms with Crippen LogP contribution in [0.3, 0.4) is 0 Å². The molecule has 17 heavy (non-hydrogen) atoms. The van der Waals surface area contributed by atoms with E-state index >= 15 is 0 Å². The molecule has 0 fully saturated rings. The van der Waals surface area contributed by atoms with Crippen LogP contribution in [0.1, 0.15) is 27.2 Å². The Hall–Kier alpha value is -1.36. The number of aryl methyl sites for hydroxylation is 1. The van der Waals surface area contributed by atoms with Gasteiger partial charge in [0.25, 0.3) is 5.88 Å². The van der Waals surface area contributed by atoms with Crippen LogP contribution in [0.15, 0.2) is 17.2 Å². The van der Waals surface area contributed by atoms with Crippen LogP contribution in [0.4, 0.5) is 0 Å². The van der Waals surface area contributed by atoms with E-state index in [1.54, 1.807) is 17.0 Å². The van der Waals surface area contributed by atoms with Gasteiger partial charge in [-0.15, -0.1) is 0 Å². The molecule has 1 heterocycles. The zero-order valence-corrected chi connectivity index (χ0v) is 10.8. The van der Waals surface area contributed by atoms with E-state index in [2.05, 4.69) is 24.1 Å². The van der Waals surface area contributed by atoms with E-state index in [-0.39, 0.29) is 11.4 Å². The molecule has 0 radical (unpaired) electrons. The second-order valence-electron chi connectivity index (χ2n) is 4.19. The summed E-state index contributed by atoms with van der Waals surface area (Å²) in [4.78, 5) is 15.8. The smallest absolute Gasteiger partial charge is 0.313 e. The Kier molecular flexibility index (Phi) is 5.69. The summed E-state index contributed by atoms with van der Waals surface area (Å²) in [7, 11) is 0. The first kappa shape index (κ1) is 13.7. The average Bonchev–Trinajstić information content (AvgIpc) is 2.29. The summed E-state index contributed by atoms with van der Waals surface area (Å²) in [6.07, 6.45) is 4.20. The average molecular weight is 239 g/mol. The van der Waals surface area contributed by atoms with Crippen molar-refractivity contribution in [2.24, 2.45) is 0 Å². The number of nitrogens with zero attached hydrogens (tertiary/aromatic N) is 2. The number of rotatable bonds is 7. The van der Waals surface area contributed by atoms with Crippen LogP contribution in [0.5, 0.6) is 5.88 Å². The number of aromatic nitrogens is 2. The highest BCUT2D eigenvalue weighted by atomic mass is 16.5. The third-order valence-electron chi connectivity index (χ3n) is 2.24. The lowest BCUT2D eigenvalue weighted by Gasteiger charge is -2.09. The molecule has 96 valence electrons. The zero-order valence-electron chi connectivity index (χ0n) is 10.8. The molecule has 0 aliphatic rings. The first-order valence-electron chi connectivity index (χ1n) is 6.06. The third-order valence-corrected chi connectivity index (χ3v) is 2.24. The second-order valence-corrected chi connectivity index (χ2v) is 4.19. The molecule has 0 unspecified atom stereocenters. The minimum Gasteiger partial charge on any atom is -0.472 e. The predicted octanol–water partition coefficient (Wildman–Crippen LogP) is 1.03. The largest absolute Gasteiger partial charge is 0.472 e. The molecular weight excluding hydrogens is 218 g/mol. The van der Waals surface area contributed by atoms with Crippen LogP contribution >= 0.6 is 0 Å². The van der Waals surface area contributed by atoms with Crippen molar-refractivity contribution < 1.29 is 4.74 Å². The number of hydrogen-bond acceptors (Lipinski definition) is 4. The monoisotopic (exact) mass is 239 g/mol. The van der Waals surface area contributed by atoms with Gasteiger partial charge in [-0.2, -0.15) is 0 Å². The molecule has 0 aromatic carbocycles. The number of ether oxygens (including phenoxy) is 1. The normalized spacial score (nSPS) is 10.8. The maximum Gasteiger partial charge on any atom is 0.313 e. The van der Waals surface area contributed by atoms with Crippen LogP contribution in [-0.4, -0.2) is 28.7 Å². The first-order chi connectivity index (χ1) is 8.15. The molecule has 0 bridgehead atoms. The molecule has 0 saturated heterocycles. The molecule has 0 aliphatic carbocycles. The van der Waals surface area contributed by atoms with Gasteiger partial charge in [0.2, 0.25) is 0 Å². The molecule has 0 spiro atoms. The van der Waals surface area contributed by atoms with E-state index in [1.807, 2.05) is 6.92 Å². The van der Waals surface area contributed by atoms with Gasteiger partial charge in [-0.25, -0.2) is 4.98 Å². The molecule has 1 aromatic rings. The van der Waals surface area contributed by atoms with E-state index in [0.29, 0.717) is 25.7 Å². The van der Waals surface area contributed by atoms with Gasteiger partial charge in [0.15, 0.2) is 0 Å². The van der Waals surface area contributed by atoms with Crippen molar-refractivity contribution in [1.82, 2.24) is 14.9 Å². The lowest BCUT2D eigenvalue weighted by Crippen LogP contribution is -2.29. The zero-order chi connectivity index (χ0) is 12.7. The van der Waals surface area contributed by atoms with Crippen molar-refractivity contribution in [1.29, 1.82) is 0 Å². The molecule has 1 N–H and O–H groups in total. The Balaban J connectivity index is 2.53. The van der Waals surface area contributed by atoms with Crippen LogP contribution in [0.25, 0.3) is 0 Å². The van der Waals surface area contributed by atoms with Gasteiger partial charge in [0.05, 0.1) is 0 Å². The third kappa shape index (κ3) is 4.56. The topological polar surface area (TPSA) is 56.1 Å². The minimum absolute atomic E-state index is 0.154. The van der Waals surface area contributed by atoms with Gasteiger partial charge in [0.1, 0.15) is 6.61 Å². The van der Waals surface area contributed by atoms with E-state index in [1.165, 1.54) is 0 Å². The van der Waals surface area contributed by atoms with Crippen molar-refractivity contribution >= 4 is 0 Å². The van der Waals surface area contributed by atoms with Gasteiger partial charge >= 0.3 is 5.56 Å². The van der Waals surface area contributed by atoms with Crippen molar-refractivity contribution in [2.45, 2.75) is 39.8 Å². The Morgan fingerprint density at radius 2 is 2.29 bits per heavy atom. The quantitative estimate of drug-likeness (QED) is 0.722. The maximum atomic E-state index is 11.8. The van der Waals surface area contributed by atoms with Crippen LogP contribution in [0, 0.1) is 0 Å². The molecule has 1 aromatic heterocycles. The minimum atomic E-state index is -0.154. The van der Waals surface area contributed by atoms with Gasteiger partial charge in [-0.05, 0) is 6.42 Å². The molecule has 0 saturated carbocycles. The van der Waals surface area contributed by atoms with E-state index < -0.39 is 0 Å². The molecular formula is C12H21N3O2. The molecule has 0 aliphatic heterocycles. The number of hydrogen-bond donors (Lipinski definition) is 1. The fourth-order valence-corrected chi connectivity index (χ4v) is 1.44. The van der Waals surface area contributed by atoms with Crippen molar-refractivity contribution in [3.63, 3.8) is 0 Å². The van der Waals surface area contributed by atoms with E-state index in [0.717, 1.165) is 6.42 Å². The molecule has 0 amide bonds. The van der Waals surface area contributed by atoms with Gasteiger partial charge in [-0.3, -0.25) is 4.79 Å². The molecule has 0 atom stereocenters. The van der Waals surface area contributed by atoms with Gasteiger partial charge < -0.3 is 14.6 Å². The van der Waals surface area contributed by atoms with Crippen LogP contribution < -0.4 is 15.6 Å². The van der Waals surface area contributed by atoms with Gasteiger partial charge in [0, 0.05) is 31.5 Å². The van der Waals surface area contributed by atoms with Crippen molar-refractivity contribution in [3.8, 4) is 5.88 Å². The first-order valence-corrected chi connectivity index (χ1v) is 6.06. The Labute approximate surface area is 102 Å². The Bertz CT molecular complexity index is 388. The van der Waals surface area contributed by atoms with Crippen LogP contribution in [0.2, 0.25) is 0 Å². The lowest BCUT2D eigenvalue weighted by molar-refractivity contribution is 0.290. The standard InChI is InChI=1S/C12H21N3O2/c1-4-7-15-8-5-14-11(12(15)16)17-9-6-13-10(2)3/h5,8,10,13H,4,6-7,9H2,1-3H3. The lowest BCUT2D eigenvalue weighted by atomic mass is 10.4. The summed E-state index contributed by atoms with van der Waals surface area (Å²) in [5, 5.41) is 3.21. The summed E-state index contributed by atoms with van der Waals surface area (Å²) in [6, 6.07) is 0.416. The highest BCUT2D eigenvalue weighted by molar-refractivity contribution is 5.04. The number of nitrogens with one attached hydrogen (secondary N) is 1. The Morgan fingerprint density at radius 3 is 2.94 bits per heavy atom. The summed E-state index contributed by atoms with van der Waals surface area (Å²) >= 11 is 0. The second kappa shape index (κ2) is 7.06. The summed E-state index contributed by atoms with van der Waals surface area (Å²) < 4.78 is 6.99. The fraction of sp³-hybridized carbons (Fsp3) is 0.667. The van der Waals surface area contributed by atoms with Crippen molar-refractivity contribution in [3.05, 3.63) is 22.7 Å². The predicted molar refractivity (Wildman–Crippen MR) is 67.4 cm³/mol. The van der Waals surface area contributed by atoms with Gasteiger partial charge in [-0.1, -0.05) is 20.8 Å². The van der Waals surface area contributed by atoms with E-state index in [4.69, 9.17) is 4.74 Å². The SMILES string of the molecule is CCCn1ccnc(OCCNC(C)C)c1=O. The summed E-state index contributed by atoms with van der Waals surface area (Å²) in [5.74, 6) is 0.187. The molecule has 5 nitrogen and oxygen atoms in total. The summed E-state index contributed by atoms with van der Waals surface area (Å²) in [6.45, 7) is 8.02. The molecule has 5 heteroatoms. The summed E-state index contributed by atoms with van der Waals surface area (Å²) in [5.41, 5.74) is -0.154. The molecule has 1 rings (SSSR count). The fourth-order valence-electron chi connectivity index (χ4n) is 1.44. The Morgan fingerprint density at radius 1 is 1.53 bits per heavy atom. The van der Waals surface area contributed by atoms with Crippen LogP contribution in [-0.2, 0) is 6.54 Å². The van der Waals surface area contributed by atoms with Crippen molar-refractivity contribution in [2.75, 3.05) is 13.2 Å².